The molecule has 1 heterocycles. The molecule has 1 atom stereocenters. The van der Waals surface area contributed by atoms with Crippen molar-refractivity contribution in [2.45, 2.75) is 12.5 Å². The SMILES string of the molecule is NC(Cc1cc(F)cc(F)c1)c1ncccc1Cl. The van der Waals surface area contributed by atoms with Gasteiger partial charge in [-0.15, -0.1) is 0 Å². The Balaban J connectivity index is 2.21. The van der Waals surface area contributed by atoms with Crippen LogP contribution in [0.2, 0.25) is 5.02 Å². The molecule has 1 aromatic carbocycles. The number of nitrogens with zero attached hydrogens (tertiary/aromatic N) is 1. The van der Waals surface area contributed by atoms with Crippen LogP contribution in [0.15, 0.2) is 36.5 Å². The number of pyridine rings is 1. The molecule has 5 heteroatoms. The van der Waals surface area contributed by atoms with E-state index in [-0.39, 0.29) is 6.42 Å². The first-order valence-corrected chi connectivity index (χ1v) is 5.75. The summed E-state index contributed by atoms with van der Waals surface area (Å²) in [6, 6.07) is 6.19. The molecule has 1 unspecified atom stereocenters. The van der Waals surface area contributed by atoms with Gasteiger partial charge in [0, 0.05) is 12.3 Å². The average Bonchev–Trinajstić information content (AvgIpc) is 2.27. The van der Waals surface area contributed by atoms with E-state index in [0.29, 0.717) is 16.3 Å². The lowest BCUT2D eigenvalue weighted by molar-refractivity contribution is 0.575. The lowest BCUT2D eigenvalue weighted by Gasteiger charge is -2.12. The van der Waals surface area contributed by atoms with Gasteiger partial charge in [-0.3, -0.25) is 4.98 Å². The van der Waals surface area contributed by atoms with Crippen LogP contribution >= 0.6 is 11.6 Å². The monoisotopic (exact) mass is 268 g/mol. The van der Waals surface area contributed by atoms with Crippen LogP contribution < -0.4 is 5.73 Å². The van der Waals surface area contributed by atoms with Crippen LogP contribution in [0.4, 0.5) is 8.78 Å². The van der Waals surface area contributed by atoms with Crippen molar-refractivity contribution >= 4 is 11.6 Å². The largest absolute Gasteiger partial charge is 0.322 e. The number of benzene rings is 1. The molecule has 0 aliphatic carbocycles. The average molecular weight is 269 g/mol. The predicted octanol–water partition coefficient (Wildman–Crippen LogP) is 3.26. The van der Waals surface area contributed by atoms with Gasteiger partial charge in [0.15, 0.2) is 0 Å². The normalized spacial score (nSPS) is 12.4. The fourth-order valence-corrected chi connectivity index (χ4v) is 2.01. The van der Waals surface area contributed by atoms with Crippen molar-refractivity contribution in [1.29, 1.82) is 0 Å². The van der Waals surface area contributed by atoms with Crippen LogP contribution in [0, 0.1) is 11.6 Å². The van der Waals surface area contributed by atoms with E-state index >= 15 is 0 Å². The molecule has 0 saturated carbocycles. The van der Waals surface area contributed by atoms with E-state index in [0.717, 1.165) is 6.07 Å². The highest BCUT2D eigenvalue weighted by Crippen LogP contribution is 2.22. The Morgan fingerprint density at radius 1 is 1.22 bits per heavy atom. The van der Waals surface area contributed by atoms with Gasteiger partial charge in [0.1, 0.15) is 11.6 Å². The molecule has 1 aromatic heterocycles. The fraction of sp³-hybridized carbons (Fsp3) is 0.154. The maximum Gasteiger partial charge on any atom is 0.126 e. The lowest BCUT2D eigenvalue weighted by Crippen LogP contribution is -2.15. The second kappa shape index (κ2) is 5.42. The van der Waals surface area contributed by atoms with E-state index in [9.17, 15) is 8.78 Å². The number of halogens is 3. The van der Waals surface area contributed by atoms with Gasteiger partial charge >= 0.3 is 0 Å². The maximum atomic E-state index is 13.0. The minimum absolute atomic E-state index is 0.269. The summed E-state index contributed by atoms with van der Waals surface area (Å²) in [5, 5.41) is 0.446. The zero-order valence-corrected chi connectivity index (χ0v) is 10.2. The Bertz CT molecular complexity index is 540. The fourth-order valence-electron chi connectivity index (χ4n) is 1.75. The molecular weight excluding hydrogens is 258 g/mol. The molecule has 0 radical (unpaired) electrons. The smallest absolute Gasteiger partial charge is 0.126 e. The van der Waals surface area contributed by atoms with Crippen molar-refractivity contribution in [3.63, 3.8) is 0 Å². The zero-order valence-electron chi connectivity index (χ0n) is 9.41. The van der Waals surface area contributed by atoms with Crippen LogP contribution in [-0.2, 0) is 6.42 Å². The molecular formula is C13H11ClF2N2. The molecule has 0 spiro atoms. The summed E-state index contributed by atoms with van der Waals surface area (Å²) < 4.78 is 26.1. The predicted molar refractivity (Wildman–Crippen MR) is 66.2 cm³/mol. The Hall–Kier alpha value is -1.52. The molecule has 94 valence electrons. The molecule has 2 N–H and O–H groups in total. The first-order valence-electron chi connectivity index (χ1n) is 5.37. The molecule has 18 heavy (non-hydrogen) atoms. The Labute approximate surface area is 108 Å². The molecule has 0 bridgehead atoms. The first kappa shape index (κ1) is 12.9. The molecule has 0 aliphatic heterocycles. The van der Waals surface area contributed by atoms with E-state index in [1.54, 1.807) is 18.3 Å². The standard InChI is InChI=1S/C13H11ClF2N2/c14-11-2-1-3-18-13(11)12(17)6-8-4-9(15)7-10(16)5-8/h1-5,7,12H,6,17H2. The first-order chi connectivity index (χ1) is 8.56. The van der Waals surface area contributed by atoms with Gasteiger partial charge in [0.2, 0.25) is 0 Å². The Morgan fingerprint density at radius 2 is 1.89 bits per heavy atom. The Kier molecular flexibility index (Phi) is 3.89. The minimum atomic E-state index is -0.621. The number of aromatic nitrogens is 1. The molecule has 0 fully saturated rings. The summed E-state index contributed by atoms with van der Waals surface area (Å²) in [5.74, 6) is -1.24. The van der Waals surface area contributed by atoms with Crippen molar-refractivity contribution < 1.29 is 8.78 Å². The molecule has 0 saturated heterocycles. The van der Waals surface area contributed by atoms with Gasteiger partial charge in [0.25, 0.3) is 0 Å². The van der Waals surface area contributed by atoms with Crippen LogP contribution in [0.5, 0.6) is 0 Å². The number of rotatable bonds is 3. The third-order valence-electron chi connectivity index (χ3n) is 2.52. The van der Waals surface area contributed by atoms with Crippen molar-refractivity contribution in [3.05, 3.63) is 64.4 Å². The van der Waals surface area contributed by atoms with Crippen molar-refractivity contribution in [2.24, 2.45) is 5.73 Å². The van der Waals surface area contributed by atoms with Gasteiger partial charge in [-0.1, -0.05) is 11.6 Å². The Morgan fingerprint density at radius 3 is 2.50 bits per heavy atom. The number of nitrogens with two attached hydrogens (primary N) is 1. The number of hydrogen-bond acceptors (Lipinski definition) is 2. The van der Waals surface area contributed by atoms with Crippen molar-refractivity contribution in [3.8, 4) is 0 Å². The highest BCUT2D eigenvalue weighted by molar-refractivity contribution is 6.31. The minimum Gasteiger partial charge on any atom is -0.322 e. The third-order valence-corrected chi connectivity index (χ3v) is 2.84. The zero-order chi connectivity index (χ0) is 13.1. The lowest BCUT2D eigenvalue weighted by atomic mass is 10.0. The molecule has 0 aliphatic rings. The van der Waals surface area contributed by atoms with Gasteiger partial charge in [0.05, 0.1) is 16.8 Å². The van der Waals surface area contributed by atoms with Crippen LogP contribution in [0.3, 0.4) is 0 Å². The van der Waals surface area contributed by atoms with Gasteiger partial charge in [-0.25, -0.2) is 8.78 Å². The summed E-state index contributed by atoms with van der Waals surface area (Å²) in [6.07, 6.45) is 1.85. The second-order valence-corrected chi connectivity index (χ2v) is 4.37. The highest BCUT2D eigenvalue weighted by Gasteiger charge is 2.13. The topological polar surface area (TPSA) is 38.9 Å². The molecule has 2 aromatic rings. The van der Waals surface area contributed by atoms with Crippen LogP contribution in [0.25, 0.3) is 0 Å². The van der Waals surface area contributed by atoms with Gasteiger partial charge in [-0.05, 0) is 36.2 Å². The highest BCUT2D eigenvalue weighted by atomic mass is 35.5. The van der Waals surface area contributed by atoms with E-state index in [1.165, 1.54) is 12.1 Å². The van der Waals surface area contributed by atoms with Crippen LogP contribution in [-0.4, -0.2) is 4.98 Å². The van der Waals surface area contributed by atoms with Gasteiger partial charge < -0.3 is 5.73 Å². The van der Waals surface area contributed by atoms with Crippen molar-refractivity contribution in [1.82, 2.24) is 4.98 Å². The molecule has 0 amide bonds. The third kappa shape index (κ3) is 3.03. The summed E-state index contributed by atoms with van der Waals surface area (Å²) in [7, 11) is 0. The van der Waals surface area contributed by atoms with E-state index < -0.39 is 17.7 Å². The number of hydrogen-bond donors (Lipinski definition) is 1. The van der Waals surface area contributed by atoms with E-state index in [1.807, 2.05) is 0 Å². The quantitative estimate of drug-likeness (QED) is 0.928. The molecule has 2 nitrogen and oxygen atoms in total. The molecule has 2 rings (SSSR count). The summed E-state index contributed by atoms with van der Waals surface area (Å²) in [5.41, 5.74) is 6.93. The second-order valence-electron chi connectivity index (χ2n) is 3.96. The van der Waals surface area contributed by atoms with Crippen molar-refractivity contribution in [2.75, 3.05) is 0 Å². The summed E-state index contributed by atoms with van der Waals surface area (Å²) in [4.78, 5) is 4.07. The van der Waals surface area contributed by atoms with E-state index in [4.69, 9.17) is 17.3 Å². The maximum absolute atomic E-state index is 13.0. The van der Waals surface area contributed by atoms with Gasteiger partial charge in [-0.2, -0.15) is 0 Å². The van der Waals surface area contributed by atoms with Crippen LogP contribution in [0.1, 0.15) is 17.3 Å². The summed E-state index contributed by atoms with van der Waals surface area (Å²) >= 11 is 5.96. The summed E-state index contributed by atoms with van der Waals surface area (Å²) in [6.45, 7) is 0. The van der Waals surface area contributed by atoms with E-state index in [2.05, 4.69) is 4.98 Å².